The molecule has 0 fully saturated rings. The van der Waals surface area contributed by atoms with Crippen molar-refractivity contribution in [3.63, 3.8) is 0 Å². The molecular formula is C14H17NO2. The molecule has 3 heteroatoms. The van der Waals surface area contributed by atoms with E-state index in [1.54, 1.807) is 6.92 Å². The first-order chi connectivity index (χ1) is 8.18. The molecule has 0 aliphatic carbocycles. The van der Waals surface area contributed by atoms with Crippen molar-refractivity contribution in [2.45, 2.75) is 19.4 Å². The lowest BCUT2D eigenvalue weighted by atomic mass is 9.99. The van der Waals surface area contributed by atoms with Crippen LogP contribution in [0.2, 0.25) is 0 Å². The lowest BCUT2D eigenvalue weighted by molar-refractivity contribution is -0.142. The van der Waals surface area contributed by atoms with E-state index in [2.05, 4.69) is 18.2 Å². The monoisotopic (exact) mass is 231 g/mol. The Morgan fingerprint density at radius 2 is 2.06 bits per heavy atom. The predicted molar refractivity (Wildman–Crippen MR) is 67.7 cm³/mol. The molecule has 1 aliphatic heterocycles. The minimum absolute atomic E-state index is 0.399. The molecule has 1 aromatic carbocycles. The third-order valence-electron chi connectivity index (χ3n) is 3.29. The van der Waals surface area contributed by atoms with Crippen LogP contribution in [0, 0.1) is 0 Å². The molecule has 2 rings (SSSR count). The molecule has 0 radical (unpaired) electrons. The van der Waals surface area contributed by atoms with Gasteiger partial charge >= 0.3 is 5.97 Å². The second-order valence-corrected chi connectivity index (χ2v) is 4.35. The first kappa shape index (κ1) is 11.9. The van der Waals surface area contributed by atoms with Crippen LogP contribution in [0.15, 0.2) is 36.4 Å². The molecule has 1 aromatic rings. The van der Waals surface area contributed by atoms with Crippen molar-refractivity contribution in [3.8, 4) is 0 Å². The molecule has 3 nitrogen and oxygen atoms in total. The van der Waals surface area contributed by atoms with Crippen LogP contribution in [0.3, 0.4) is 0 Å². The van der Waals surface area contributed by atoms with Crippen molar-refractivity contribution in [3.05, 3.63) is 42.0 Å². The summed E-state index contributed by atoms with van der Waals surface area (Å²) in [5.41, 5.74) is 2.56. The van der Waals surface area contributed by atoms with Gasteiger partial charge < -0.3 is 5.11 Å². The van der Waals surface area contributed by atoms with Crippen LogP contribution in [0.1, 0.15) is 18.9 Å². The Labute approximate surface area is 101 Å². The number of nitrogens with zero attached hydrogens (tertiary/aromatic N) is 1. The zero-order valence-corrected chi connectivity index (χ0v) is 9.97. The van der Waals surface area contributed by atoms with Crippen molar-refractivity contribution in [2.24, 2.45) is 0 Å². The van der Waals surface area contributed by atoms with Crippen LogP contribution < -0.4 is 0 Å². The molecule has 0 bridgehead atoms. The fourth-order valence-electron chi connectivity index (χ4n) is 2.11. The van der Waals surface area contributed by atoms with E-state index in [0.717, 1.165) is 19.5 Å². The summed E-state index contributed by atoms with van der Waals surface area (Å²) >= 11 is 0. The van der Waals surface area contributed by atoms with Gasteiger partial charge in [0, 0.05) is 13.1 Å². The summed E-state index contributed by atoms with van der Waals surface area (Å²) in [6, 6.07) is 9.87. The molecule has 1 N–H and O–H groups in total. The Kier molecular flexibility index (Phi) is 3.59. The van der Waals surface area contributed by atoms with Crippen molar-refractivity contribution < 1.29 is 9.90 Å². The highest BCUT2D eigenvalue weighted by Crippen LogP contribution is 2.22. The molecule has 0 aromatic heterocycles. The lowest BCUT2D eigenvalue weighted by Gasteiger charge is -2.29. The molecule has 90 valence electrons. The average Bonchev–Trinajstić information content (AvgIpc) is 2.39. The molecule has 1 atom stereocenters. The van der Waals surface area contributed by atoms with Crippen molar-refractivity contribution in [1.29, 1.82) is 0 Å². The van der Waals surface area contributed by atoms with E-state index in [4.69, 9.17) is 5.11 Å². The summed E-state index contributed by atoms with van der Waals surface area (Å²) in [5, 5.41) is 8.95. The topological polar surface area (TPSA) is 40.5 Å². The van der Waals surface area contributed by atoms with Crippen LogP contribution in [0.5, 0.6) is 0 Å². The summed E-state index contributed by atoms with van der Waals surface area (Å²) in [6.45, 7) is 3.27. The van der Waals surface area contributed by atoms with Gasteiger partial charge in [-0.05, 0) is 24.5 Å². The van der Waals surface area contributed by atoms with Crippen LogP contribution in [-0.2, 0) is 4.79 Å². The summed E-state index contributed by atoms with van der Waals surface area (Å²) in [6.07, 6.45) is 3.06. The van der Waals surface area contributed by atoms with E-state index in [1.165, 1.54) is 11.1 Å². The van der Waals surface area contributed by atoms with Gasteiger partial charge in [-0.25, -0.2) is 0 Å². The second-order valence-electron chi connectivity index (χ2n) is 4.35. The fraction of sp³-hybridized carbons (Fsp3) is 0.357. The quantitative estimate of drug-likeness (QED) is 0.867. The Bertz CT molecular complexity index is 425. The Hall–Kier alpha value is -1.61. The maximum absolute atomic E-state index is 10.9. The van der Waals surface area contributed by atoms with Crippen molar-refractivity contribution in [2.75, 3.05) is 13.1 Å². The average molecular weight is 231 g/mol. The highest BCUT2D eigenvalue weighted by atomic mass is 16.4. The number of aliphatic carboxylic acids is 1. The number of hydrogen-bond donors (Lipinski definition) is 1. The minimum atomic E-state index is -0.749. The SMILES string of the molecule is C[C@@H](C(=O)O)N1CC=C(c2ccccc2)CC1. The van der Waals surface area contributed by atoms with E-state index in [1.807, 2.05) is 23.1 Å². The molecule has 0 amide bonds. The lowest BCUT2D eigenvalue weighted by Crippen LogP contribution is -2.41. The van der Waals surface area contributed by atoms with Crippen molar-refractivity contribution >= 4 is 11.5 Å². The highest BCUT2D eigenvalue weighted by molar-refractivity contribution is 5.73. The molecule has 1 heterocycles. The molecule has 0 spiro atoms. The normalized spacial score (nSPS) is 18.5. The molecular weight excluding hydrogens is 214 g/mol. The molecule has 0 saturated carbocycles. The van der Waals surface area contributed by atoms with Gasteiger partial charge in [-0.3, -0.25) is 9.69 Å². The standard InChI is InChI=1S/C14H17NO2/c1-11(14(16)17)15-9-7-13(8-10-15)12-5-3-2-4-6-12/h2-7,11H,8-10H2,1H3,(H,16,17)/t11-/m0/s1. The van der Waals surface area contributed by atoms with Gasteiger partial charge in [0.15, 0.2) is 0 Å². The van der Waals surface area contributed by atoms with Gasteiger partial charge in [-0.15, -0.1) is 0 Å². The van der Waals surface area contributed by atoms with E-state index in [-0.39, 0.29) is 0 Å². The van der Waals surface area contributed by atoms with Gasteiger partial charge in [0.1, 0.15) is 6.04 Å². The van der Waals surface area contributed by atoms with Crippen LogP contribution in [0.25, 0.3) is 5.57 Å². The van der Waals surface area contributed by atoms with E-state index < -0.39 is 12.0 Å². The number of benzene rings is 1. The summed E-state index contributed by atoms with van der Waals surface area (Å²) in [7, 11) is 0. The smallest absolute Gasteiger partial charge is 0.320 e. The van der Waals surface area contributed by atoms with Gasteiger partial charge in [-0.2, -0.15) is 0 Å². The summed E-state index contributed by atoms with van der Waals surface area (Å²) in [5.74, 6) is -0.749. The number of carboxylic acid groups (broad SMARTS) is 1. The summed E-state index contributed by atoms with van der Waals surface area (Å²) < 4.78 is 0. The van der Waals surface area contributed by atoms with Gasteiger partial charge in [-0.1, -0.05) is 36.4 Å². The highest BCUT2D eigenvalue weighted by Gasteiger charge is 2.22. The van der Waals surface area contributed by atoms with E-state index >= 15 is 0 Å². The Balaban J connectivity index is 2.05. The third-order valence-corrected chi connectivity index (χ3v) is 3.29. The Morgan fingerprint density at radius 3 is 2.59 bits per heavy atom. The van der Waals surface area contributed by atoms with Crippen LogP contribution in [0.4, 0.5) is 0 Å². The molecule has 0 saturated heterocycles. The number of rotatable bonds is 3. The Morgan fingerprint density at radius 1 is 1.35 bits per heavy atom. The zero-order chi connectivity index (χ0) is 12.3. The minimum Gasteiger partial charge on any atom is -0.480 e. The third kappa shape index (κ3) is 2.74. The van der Waals surface area contributed by atoms with Gasteiger partial charge in [0.25, 0.3) is 0 Å². The number of carbonyl (C=O) groups is 1. The maximum Gasteiger partial charge on any atom is 0.320 e. The number of carboxylic acids is 1. The van der Waals surface area contributed by atoms with Crippen LogP contribution in [-0.4, -0.2) is 35.1 Å². The first-order valence-electron chi connectivity index (χ1n) is 5.90. The molecule has 17 heavy (non-hydrogen) atoms. The second kappa shape index (κ2) is 5.15. The van der Waals surface area contributed by atoms with Gasteiger partial charge in [0.05, 0.1) is 0 Å². The predicted octanol–water partition coefficient (Wildman–Crippen LogP) is 2.25. The van der Waals surface area contributed by atoms with E-state index in [0.29, 0.717) is 0 Å². The molecule has 1 aliphatic rings. The fourth-order valence-corrected chi connectivity index (χ4v) is 2.11. The zero-order valence-electron chi connectivity index (χ0n) is 9.97. The summed E-state index contributed by atoms with van der Waals surface area (Å²) in [4.78, 5) is 12.9. The maximum atomic E-state index is 10.9. The largest absolute Gasteiger partial charge is 0.480 e. The van der Waals surface area contributed by atoms with Gasteiger partial charge in [0.2, 0.25) is 0 Å². The van der Waals surface area contributed by atoms with Crippen LogP contribution >= 0.6 is 0 Å². The van der Waals surface area contributed by atoms with E-state index in [9.17, 15) is 4.79 Å². The molecule has 0 unspecified atom stereocenters. The van der Waals surface area contributed by atoms with Crippen molar-refractivity contribution in [1.82, 2.24) is 4.90 Å². The number of hydrogen-bond acceptors (Lipinski definition) is 2. The first-order valence-corrected chi connectivity index (χ1v) is 5.90.